The van der Waals surface area contributed by atoms with Crippen LogP contribution in [-0.4, -0.2) is 48.9 Å². The standard InChI is InChI=1S/C13H25N5O2/c1-4-14-13(16-9-10-19-5-2)15-8-6-7-12-17-11(3)18-20-12/h4-10H2,1-3H3,(H2,14,15,16). The van der Waals surface area contributed by atoms with Crippen LogP contribution in [0.2, 0.25) is 0 Å². The van der Waals surface area contributed by atoms with Crippen LogP contribution in [0.5, 0.6) is 0 Å². The third-order valence-electron chi connectivity index (χ3n) is 2.48. The molecular weight excluding hydrogens is 258 g/mol. The van der Waals surface area contributed by atoms with Crippen molar-refractivity contribution in [2.75, 3.05) is 32.8 Å². The molecule has 0 aliphatic heterocycles. The smallest absolute Gasteiger partial charge is 0.226 e. The lowest BCUT2D eigenvalue weighted by Crippen LogP contribution is -2.39. The van der Waals surface area contributed by atoms with Crippen molar-refractivity contribution in [1.29, 1.82) is 0 Å². The Balaban J connectivity index is 2.23. The molecule has 0 spiro atoms. The second-order valence-corrected chi connectivity index (χ2v) is 4.22. The molecule has 0 atom stereocenters. The Kier molecular flexibility index (Phi) is 8.37. The van der Waals surface area contributed by atoms with Gasteiger partial charge in [-0.1, -0.05) is 5.16 Å². The van der Waals surface area contributed by atoms with Crippen LogP contribution in [0.3, 0.4) is 0 Å². The third kappa shape index (κ3) is 7.08. The minimum absolute atomic E-state index is 0.673. The summed E-state index contributed by atoms with van der Waals surface area (Å²) in [6.07, 6.45) is 1.63. The molecule has 0 amide bonds. The van der Waals surface area contributed by atoms with Crippen molar-refractivity contribution in [2.45, 2.75) is 33.6 Å². The third-order valence-corrected chi connectivity index (χ3v) is 2.48. The van der Waals surface area contributed by atoms with Crippen LogP contribution in [0, 0.1) is 6.92 Å². The number of hydrogen-bond donors (Lipinski definition) is 2. The van der Waals surface area contributed by atoms with Crippen molar-refractivity contribution in [3.05, 3.63) is 11.7 Å². The maximum atomic E-state index is 5.27. The lowest BCUT2D eigenvalue weighted by Gasteiger charge is -2.10. The van der Waals surface area contributed by atoms with Crippen molar-refractivity contribution in [3.8, 4) is 0 Å². The molecule has 114 valence electrons. The molecule has 7 heteroatoms. The summed E-state index contributed by atoms with van der Waals surface area (Å²) in [5.41, 5.74) is 0. The quantitative estimate of drug-likeness (QED) is 0.398. The minimum atomic E-state index is 0.673. The minimum Gasteiger partial charge on any atom is -0.380 e. The summed E-state index contributed by atoms with van der Waals surface area (Å²) in [5.74, 6) is 2.16. The summed E-state index contributed by atoms with van der Waals surface area (Å²) >= 11 is 0. The average molecular weight is 283 g/mol. The van der Waals surface area contributed by atoms with Crippen molar-refractivity contribution in [3.63, 3.8) is 0 Å². The van der Waals surface area contributed by atoms with Gasteiger partial charge in [0.25, 0.3) is 0 Å². The fraction of sp³-hybridized carbons (Fsp3) is 0.769. The maximum absolute atomic E-state index is 5.27. The van der Waals surface area contributed by atoms with E-state index in [1.807, 2.05) is 20.8 Å². The number of aryl methyl sites for hydroxylation is 2. The molecular formula is C13H25N5O2. The lowest BCUT2D eigenvalue weighted by atomic mass is 10.3. The first kappa shape index (κ1) is 16.4. The topological polar surface area (TPSA) is 84.6 Å². The average Bonchev–Trinajstić information content (AvgIpc) is 2.85. The number of ether oxygens (including phenoxy) is 1. The number of aromatic nitrogens is 2. The van der Waals surface area contributed by atoms with E-state index in [1.54, 1.807) is 0 Å². The molecule has 1 heterocycles. The lowest BCUT2D eigenvalue weighted by molar-refractivity contribution is 0.152. The van der Waals surface area contributed by atoms with Gasteiger partial charge in [0.2, 0.25) is 5.89 Å². The number of nitrogens with one attached hydrogen (secondary N) is 2. The Labute approximate surface area is 120 Å². The van der Waals surface area contributed by atoms with Gasteiger partial charge in [-0.3, -0.25) is 4.99 Å². The first-order chi connectivity index (χ1) is 9.76. The summed E-state index contributed by atoms with van der Waals surface area (Å²) in [5, 5.41) is 10.2. The van der Waals surface area contributed by atoms with E-state index in [-0.39, 0.29) is 0 Å². The van der Waals surface area contributed by atoms with E-state index in [0.717, 1.165) is 38.5 Å². The van der Waals surface area contributed by atoms with E-state index in [9.17, 15) is 0 Å². The highest BCUT2D eigenvalue weighted by Gasteiger charge is 2.02. The maximum Gasteiger partial charge on any atom is 0.226 e. The first-order valence-corrected chi connectivity index (χ1v) is 7.15. The predicted octanol–water partition coefficient (Wildman–Crippen LogP) is 0.902. The highest BCUT2D eigenvalue weighted by molar-refractivity contribution is 5.79. The van der Waals surface area contributed by atoms with Gasteiger partial charge in [0.15, 0.2) is 11.8 Å². The number of aliphatic imine (C=N–C) groups is 1. The van der Waals surface area contributed by atoms with Gasteiger partial charge in [0.1, 0.15) is 0 Å². The van der Waals surface area contributed by atoms with Gasteiger partial charge in [0.05, 0.1) is 6.61 Å². The largest absolute Gasteiger partial charge is 0.380 e. The highest BCUT2D eigenvalue weighted by atomic mass is 16.5. The van der Waals surface area contributed by atoms with E-state index in [1.165, 1.54) is 0 Å². The van der Waals surface area contributed by atoms with Gasteiger partial charge < -0.3 is 19.9 Å². The highest BCUT2D eigenvalue weighted by Crippen LogP contribution is 1.99. The monoisotopic (exact) mass is 283 g/mol. The van der Waals surface area contributed by atoms with E-state index < -0.39 is 0 Å². The van der Waals surface area contributed by atoms with Crippen LogP contribution in [-0.2, 0) is 11.2 Å². The van der Waals surface area contributed by atoms with E-state index in [2.05, 4.69) is 25.8 Å². The van der Waals surface area contributed by atoms with Crippen LogP contribution in [0.4, 0.5) is 0 Å². The Hall–Kier alpha value is -1.63. The van der Waals surface area contributed by atoms with Gasteiger partial charge >= 0.3 is 0 Å². The number of guanidine groups is 1. The fourth-order valence-corrected chi connectivity index (χ4v) is 1.59. The molecule has 0 aliphatic carbocycles. The molecule has 0 saturated heterocycles. The molecule has 1 aromatic heterocycles. The Bertz CT molecular complexity index is 392. The molecule has 0 unspecified atom stereocenters. The van der Waals surface area contributed by atoms with Gasteiger partial charge in [-0.15, -0.1) is 0 Å². The molecule has 0 aromatic carbocycles. The van der Waals surface area contributed by atoms with E-state index >= 15 is 0 Å². The summed E-state index contributed by atoms with van der Waals surface area (Å²) in [4.78, 5) is 8.64. The zero-order valence-electron chi connectivity index (χ0n) is 12.6. The molecule has 7 nitrogen and oxygen atoms in total. The summed E-state index contributed by atoms with van der Waals surface area (Å²) in [6.45, 7) is 9.56. The molecule has 1 rings (SSSR count). The number of rotatable bonds is 9. The SMILES string of the molecule is CCNC(=NCCCc1nc(C)no1)NCCOCC. The molecule has 0 radical (unpaired) electrons. The summed E-state index contributed by atoms with van der Waals surface area (Å²) in [7, 11) is 0. The van der Waals surface area contributed by atoms with Crippen LogP contribution < -0.4 is 10.6 Å². The van der Waals surface area contributed by atoms with Crippen LogP contribution in [0.25, 0.3) is 0 Å². The van der Waals surface area contributed by atoms with Crippen LogP contribution in [0.1, 0.15) is 32.0 Å². The van der Waals surface area contributed by atoms with Crippen molar-refractivity contribution >= 4 is 5.96 Å². The number of nitrogens with zero attached hydrogens (tertiary/aromatic N) is 3. The second kappa shape index (κ2) is 10.2. The molecule has 2 N–H and O–H groups in total. The molecule has 0 aliphatic rings. The van der Waals surface area contributed by atoms with Crippen LogP contribution in [0.15, 0.2) is 9.52 Å². The zero-order valence-corrected chi connectivity index (χ0v) is 12.6. The summed E-state index contributed by atoms with van der Waals surface area (Å²) in [6, 6.07) is 0. The van der Waals surface area contributed by atoms with E-state index in [4.69, 9.17) is 9.26 Å². The second-order valence-electron chi connectivity index (χ2n) is 4.22. The van der Waals surface area contributed by atoms with Crippen LogP contribution >= 0.6 is 0 Å². The van der Waals surface area contributed by atoms with Crippen molar-refractivity contribution < 1.29 is 9.26 Å². The fourth-order valence-electron chi connectivity index (χ4n) is 1.59. The molecule has 0 bridgehead atoms. The first-order valence-electron chi connectivity index (χ1n) is 7.15. The van der Waals surface area contributed by atoms with Crippen molar-refractivity contribution in [1.82, 2.24) is 20.8 Å². The van der Waals surface area contributed by atoms with Gasteiger partial charge in [0, 0.05) is 32.7 Å². The van der Waals surface area contributed by atoms with Gasteiger partial charge in [-0.2, -0.15) is 4.98 Å². The molecule has 0 saturated carbocycles. The Morgan fingerprint density at radius 1 is 1.35 bits per heavy atom. The van der Waals surface area contributed by atoms with Crippen molar-refractivity contribution in [2.24, 2.45) is 4.99 Å². The van der Waals surface area contributed by atoms with Gasteiger partial charge in [-0.05, 0) is 27.2 Å². The molecule has 20 heavy (non-hydrogen) atoms. The zero-order chi connectivity index (χ0) is 14.6. The van der Waals surface area contributed by atoms with Gasteiger partial charge in [-0.25, -0.2) is 0 Å². The Morgan fingerprint density at radius 3 is 2.85 bits per heavy atom. The molecule has 1 aromatic rings. The predicted molar refractivity (Wildman–Crippen MR) is 77.8 cm³/mol. The number of hydrogen-bond acceptors (Lipinski definition) is 5. The van der Waals surface area contributed by atoms with E-state index in [0.29, 0.717) is 24.9 Å². The Morgan fingerprint density at radius 2 is 2.20 bits per heavy atom. The molecule has 0 fully saturated rings. The normalized spacial score (nSPS) is 11.7. The summed E-state index contributed by atoms with van der Waals surface area (Å²) < 4.78 is 10.3.